The molecule has 0 unspecified atom stereocenters. The summed E-state index contributed by atoms with van der Waals surface area (Å²) in [5.74, 6) is -0.762. The summed E-state index contributed by atoms with van der Waals surface area (Å²) in [7, 11) is -3.36. The van der Waals surface area contributed by atoms with Crippen molar-refractivity contribution in [2.75, 3.05) is 19.4 Å². The number of esters is 1. The Bertz CT molecular complexity index is 317. The highest BCUT2D eigenvalue weighted by atomic mass is 31.2. The fourth-order valence-corrected chi connectivity index (χ4v) is 3.05. The average Bonchev–Trinajstić information content (AvgIpc) is 2.14. The summed E-state index contributed by atoms with van der Waals surface area (Å²) in [4.78, 5) is 22.4. The lowest BCUT2D eigenvalue weighted by Crippen LogP contribution is -2.19. The first kappa shape index (κ1) is 17.3. The second kappa shape index (κ2) is 8.40. The number of hydrogen-bond acceptors (Lipinski definition) is 6. The Morgan fingerprint density at radius 1 is 1.17 bits per heavy atom. The number of carbonyl (C=O) groups is 2. The highest BCUT2D eigenvalue weighted by Crippen LogP contribution is 2.48. The Hall–Kier alpha value is -0.710. The van der Waals surface area contributed by atoms with Crippen molar-refractivity contribution in [1.82, 2.24) is 0 Å². The van der Waals surface area contributed by atoms with E-state index < -0.39 is 19.7 Å². The van der Waals surface area contributed by atoms with Crippen LogP contribution >= 0.6 is 7.60 Å². The molecule has 0 rings (SSSR count). The Kier molecular flexibility index (Phi) is 8.07. The number of Topliss-reactive ketones (excluding diaryl/α,β-unsaturated/α-hetero) is 1. The van der Waals surface area contributed by atoms with Crippen LogP contribution in [0.3, 0.4) is 0 Å². The monoisotopic (exact) mass is 280 g/mol. The van der Waals surface area contributed by atoms with Gasteiger partial charge >= 0.3 is 13.6 Å². The number of ketones is 1. The van der Waals surface area contributed by atoms with Crippen molar-refractivity contribution >= 4 is 19.3 Å². The molecule has 0 aliphatic carbocycles. The van der Waals surface area contributed by atoms with Crippen LogP contribution in [0.1, 0.15) is 34.1 Å². The molecule has 0 aromatic heterocycles. The smallest absolute Gasteiger partial charge is 0.338 e. The SMILES string of the molecule is CCOP(=O)(CC(=O)C[C@@H](C)OC(C)=O)OCC. The molecule has 0 spiro atoms. The first-order valence-corrected chi connectivity index (χ1v) is 7.62. The Morgan fingerprint density at radius 3 is 2.06 bits per heavy atom. The van der Waals surface area contributed by atoms with Crippen molar-refractivity contribution in [2.24, 2.45) is 0 Å². The third-order valence-electron chi connectivity index (χ3n) is 1.90. The van der Waals surface area contributed by atoms with Gasteiger partial charge in [0.1, 0.15) is 18.0 Å². The molecule has 7 heteroatoms. The quantitative estimate of drug-likeness (QED) is 0.475. The van der Waals surface area contributed by atoms with Crippen LogP contribution in [0.15, 0.2) is 0 Å². The van der Waals surface area contributed by atoms with Crippen LogP contribution < -0.4 is 0 Å². The van der Waals surface area contributed by atoms with Crippen LogP contribution in [0.4, 0.5) is 0 Å². The molecular formula is C11H21O6P. The standard InChI is InChI=1S/C11H21O6P/c1-5-15-18(14,16-6-2)8-11(13)7-9(3)17-10(4)12/h9H,5-8H2,1-4H3/t9-/m1/s1. The fourth-order valence-electron chi connectivity index (χ4n) is 1.45. The van der Waals surface area contributed by atoms with E-state index in [1.54, 1.807) is 20.8 Å². The molecule has 0 amide bonds. The first-order valence-electron chi connectivity index (χ1n) is 5.90. The molecule has 0 aromatic carbocycles. The molecular weight excluding hydrogens is 259 g/mol. The van der Waals surface area contributed by atoms with Gasteiger partial charge in [-0.2, -0.15) is 0 Å². The minimum Gasteiger partial charge on any atom is -0.462 e. The maximum absolute atomic E-state index is 12.1. The topological polar surface area (TPSA) is 78.9 Å². The van der Waals surface area contributed by atoms with Gasteiger partial charge in [0.2, 0.25) is 0 Å². The lowest BCUT2D eigenvalue weighted by atomic mass is 10.2. The summed E-state index contributed by atoms with van der Waals surface area (Å²) < 4.78 is 26.9. The van der Waals surface area contributed by atoms with Crippen LogP contribution in [0.2, 0.25) is 0 Å². The molecule has 0 heterocycles. The highest BCUT2D eigenvalue weighted by molar-refractivity contribution is 7.54. The maximum Gasteiger partial charge on any atom is 0.338 e. The van der Waals surface area contributed by atoms with Crippen LogP contribution in [0, 0.1) is 0 Å². The van der Waals surface area contributed by atoms with Gasteiger partial charge in [0.25, 0.3) is 0 Å². The molecule has 0 N–H and O–H groups in total. The van der Waals surface area contributed by atoms with Gasteiger partial charge in [-0.15, -0.1) is 0 Å². The number of hydrogen-bond donors (Lipinski definition) is 0. The number of carbonyl (C=O) groups excluding carboxylic acids is 2. The Labute approximate surface area is 108 Å². The fraction of sp³-hybridized carbons (Fsp3) is 0.818. The van der Waals surface area contributed by atoms with Crippen molar-refractivity contribution in [3.8, 4) is 0 Å². The van der Waals surface area contributed by atoms with Crippen molar-refractivity contribution in [3.05, 3.63) is 0 Å². The first-order chi connectivity index (χ1) is 8.33. The normalized spacial score (nSPS) is 13.1. The summed E-state index contributed by atoms with van der Waals surface area (Å²) >= 11 is 0. The number of ether oxygens (including phenoxy) is 1. The van der Waals surface area contributed by atoms with Gasteiger partial charge < -0.3 is 13.8 Å². The summed E-state index contributed by atoms with van der Waals surface area (Å²) in [6.07, 6.45) is -0.823. The van der Waals surface area contributed by atoms with Crippen molar-refractivity contribution < 1.29 is 27.9 Å². The zero-order chi connectivity index (χ0) is 14.2. The molecule has 0 saturated carbocycles. The summed E-state index contributed by atoms with van der Waals surface area (Å²) in [5.41, 5.74) is 0. The minimum absolute atomic E-state index is 0.00369. The molecule has 0 saturated heterocycles. The van der Waals surface area contributed by atoms with E-state index in [0.29, 0.717) is 0 Å². The van der Waals surface area contributed by atoms with Crippen LogP contribution in [0.25, 0.3) is 0 Å². The highest BCUT2D eigenvalue weighted by Gasteiger charge is 2.28. The van der Waals surface area contributed by atoms with Gasteiger partial charge in [0, 0.05) is 13.3 Å². The lowest BCUT2D eigenvalue weighted by molar-refractivity contribution is -0.146. The van der Waals surface area contributed by atoms with Gasteiger partial charge in [-0.1, -0.05) is 0 Å². The van der Waals surface area contributed by atoms with Gasteiger partial charge in [0.05, 0.1) is 13.2 Å². The van der Waals surface area contributed by atoms with Crippen molar-refractivity contribution in [2.45, 2.75) is 40.2 Å². The van der Waals surface area contributed by atoms with Gasteiger partial charge in [-0.25, -0.2) is 0 Å². The second-order valence-electron chi connectivity index (χ2n) is 3.77. The van der Waals surface area contributed by atoms with E-state index >= 15 is 0 Å². The van der Waals surface area contributed by atoms with E-state index in [-0.39, 0.29) is 31.6 Å². The molecule has 0 aliphatic rings. The van der Waals surface area contributed by atoms with Crippen LogP contribution in [-0.4, -0.2) is 37.2 Å². The second-order valence-corrected chi connectivity index (χ2v) is 5.82. The van der Waals surface area contributed by atoms with E-state index in [1.807, 2.05) is 0 Å². The summed E-state index contributed by atoms with van der Waals surface area (Å²) in [5, 5.41) is 0. The number of rotatable bonds is 9. The molecule has 0 radical (unpaired) electrons. The zero-order valence-electron chi connectivity index (χ0n) is 11.3. The molecule has 0 aromatic rings. The Morgan fingerprint density at radius 2 is 1.67 bits per heavy atom. The largest absolute Gasteiger partial charge is 0.462 e. The van der Waals surface area contributed by atoms with E-state index in [9.17, 15) is 14.2 Å². The molecule has 0 fully saturated rings. The summed E-state index contributed by atoms with van der Waals surface area (Å²) in [6, 6.07) is 0. The minimum atomic E-state index is -3.36. The Balaban J connectivity index is 4.34. The van der Waals surface area contributed by atoms with E-state index in [1.165, 1.54) is 6.92 Å². The predicted molar refractivity (Wildman–Crippen MR) is 66.6 cm³/mol. The predicted octanol–water partition coefficient (Wildman–Crippen LogP) is 2.16. The molecule has 106 valence electrons. The molecule has 1 atom stereocenters. The van der Waals surface area contributed by atoms with Crippen LogP contribution in [-0.2, 0) is 27.9 Å². The van der Waals surface area contributed by atoms with E-state index in [2.05, 4.69) is 0 Å². The summed E-state index contributed by atoms with van der Waals surface area (Å²) in [6.45, 7) is 6.65. The van der Waals surface area contributed by atoms with Gasteiger partial charge in [-0.05, 0) is 20.8 Å². The van der Waals surface area contributed by atoms with E-state index in [4.69, 9.17) is 13.8 Å². The zero-order valence-corrected chi connectivity index (χ0v) is 12.2. The molecule has 18 heavy (non-hydrogen) atoms. The van der Waals surface area contributed by atoms with Crippen molar-refractivity contribution in [1.29, 1.82) is 0 Å². The third kappa shape index (κ3) is 7.58. The molecule has 0 bridgehead atoms. The maximum atomic E-state index is 12.1. The van der Waals surface area contributed by atoms with Crippen molar-refractivity contribution in [3.63, 3.8) is 0 Å². The third-order valence-corrected chi connectivity index (χ3v) is 3.95. The lowest BCUT2D eigenvalue weighted by Gasteiger charge is -2.17. The van der Waals surface area contributed by atoms with Crippen LogP contribution in [0.5, 0.6) is 0 Å². The van der Waals surface area contributed by atoms with Gasteiger partial charge in [0.15, 0.2) is 0 Å². The average molecular weight is 280 g/mol. The van der Waals surface area contributed by atoms with E-state index in [0.717, 1.165) is 0 Å². The molecule has 6 nitrogen and oxygen atoms in total. The molecule has 0 aliphatic heterocycles. The van der Waals surface area contributed by atoms with Gasteiger partial charge in [-0.3, -0.25) is 14.2 Å².